The highest BCUT2D eigenvalue weighted by Gasteiger charge is 2.44. The topological polar surface area (TPSA) is 180 Å². The molecule has 9 atom stereocenters. The van der Waals surface area contributed by atoms with Gasteiger partial charge in [0.25, 0.3) is 0 Å². The molecule has 9 unspecified atom stereocenters. The third kappa shape index (κ3) is 4.55. The second-order valence-corrected chi connectivity index (χ2v) is 5.32. The zero-order chi connectivity index (χ0) is 17.0. The summed E-state index contributed by atoms with van der Waals surface area (Å²) >= 11 is 0. The van der Waals surface area contributed by atoms with Gasteiger partial charge in [0, 0.05) is 0 Å². The number of hydrogen-bond acceptors (Lipinski definition) is 10. The molecule has 0 aliphatic carbocycles. The van der Waals surface area contributed by atoms with E-state index in [-0.39, 0.29) is 0 Å². The summed E-state index contributed by atoms with van der Waals surface area (Å²) in [6.45, 7) is 0.00339. The molecule has 0 amide bonds. The summed E-state index contributed by atoms with van der Waals surface area (Å²) in [5.74, 6) is 0. The van der Waals surface area contributed by atoms with Crippen molar-refractivity contribution in [3.8, 4) is 0 Å². The minimum absolute atomic E-state index is 0.590. The van der Waals surface area contributed by atoms with Crippen LogP contribution in [0.4, 0.5) is 0 Å². The maximum absolute atomic E-state index is 9.69. The van der Waals surface area contributed by atoms with E-state index in [9.17, 15) is 30.6 Å². The van der Waals surface area contributed by atoms with Gasteiger partial charge < -0.3 is 50.3 Å². The van der Waals surface area contributed by atoms with Crippen molar-refractivity contribution in [2.75, 3.05) is 13.2 Å². The van der Waals surface area contributed by atoms with E-state index in [2.05, 4.69) is 0 Å². The summed E-state index contributed by atoms with van der Waals surface area (Å²) in [6.07, 6.45) is -13.6. The molecule has 1 saturated heterocycles. The molecule has 0 saturated carbocycles. The zero-order valence-electron chi connectivity index (χ0n) is 12.0. The van der Waals surface area contributed by atoms with Gasteiger partial charge in [0.1, 0.15) is 42.7 Å². The molecule has 0 bridgehead atoms. The monoisotopic (exact) mass is 328 g/mol. The molecular formula is C12H24O10. The van der Waals surface area contributed by atoms with E-state index in [1.54, 1.807) is 0 Å². The Hall–Kier alpha value is -0.400. The fourth-order valence-corrected chi connectivity index (χ4v) is 2.01. The van der Waals surface area contributed by atoms with Gasteiger partial charge >= 0.3 is 0 Å². The average molecular weight is 328 g/mol. The minimum atomic E-state index is -1.70. The summed E-state index contributed by atoms with van der Waals surface area (Å²) in [7, 11) is 0. The van der Waals surface area contributed by atoms with Crippen LogP contribution in [0.3, 0.4) is 0 Å². The summed E-state index contributed by atoms with van der Waals surface area (Å²) in [4.78, 5) is 0. The van der Waals surface area contributed by atoms with Crippen LogP contribution >= 0.6 is 0 Å². The van der Waals surface area contributed by atoms with Crippen molar-refractivity contribution < 1.29 is 50.3 Å². The van der Waals surface area contributed by atoms with Gasteiger partial charge in [0.2, 0.25) is 0 Å². The fraction of sp³-hybridized carbons (Fsp3) is 1.00. The molecule has 10 nitrogen and oxygen atoms in total. The third-order valence-corrected chi connectivity index (χ3v) is 3.52. The van der Waals surface area contributed by atoms with E-state index in [1.807, 2.05) is 0 Å². The highest BCUT2D eigenvalue weighted by molar-refractivity contribution is 4.89. The molecule has 0 aromatic carbocycles. The van der Waals surface area contributed by atoms with Gasteiger partial charge in [-0.05, 0) is 6.92 Å². The van der Waals surface area contributed by atoms with E-state index in [4.69, 9.17) is 19.7 Å². The molecule has 1 aliphatic rings. The Balaban J connectivity index is 2.55. The van der Waals surface area contributed by atoms with Gasteiger partial charge in [-0.3, -0.25) is 0 Å². The van der Waals surface area contributed by atoms with Gasteiger partial charge in [-0.25, -0.2) is 0 Å². The second kappa shape index (κ2) is 8.45. The van der Waals surface area contributed by atoms with Gasteiger partial charge in [-0.1, -0.05) is 0 Å². The number of ether oxygens (including phenoxy) is 2. The number of rotatable bonds is 7. The first-order chi connectivity index (χ1) is 10.2. The Morgan fingerprint density at radius 1 is 0.955 bits per heavy atom. The number of aliphatic hydroxyl groups excluding tert-OH is 8. The zero-order valence-corrected chi connectivity index (χ0v) is 12.0. The second-order valence-electron chi connectivity index (χ2n) is 5.32. The molecule has 22 heavy (non-hydrogen) atoms. The summed E-state index contributed by atoms with van der Waals surface area (Å²) < 4.78 is 10.0. The first kappa shape index (κ1) is 19.6. The molecule has 132 valence electrons. The van der Waals surface area contributed by atoms with E-state index in [0.29, 0.717) is 0 Å². The lowest BCUT2D eigenvalue weighted by Crippen LogP contribution is -2.59. The summed E-state index contributed by atoms with van der Waals surface area (Å²) in [5, 5.41) is 75.6. The Bertz CT molecular complexity index is 325. The summed E-state index contributed by atoms with van der Waals surface area (Å²) in [5.41, 5.74) is 0. The molecule has 8 N–H and O–H groups in total. The van der Waals surface area contributed by atoms with Crippen LogP contribution in [0.1, 0.15) is 6.92 Å². The van der Waals surface area contributed by atoms with Gasteiger partial charge in [0.05, 0.1) is 19.3 Å². The molecular weight excluding hydrogens is 304 g/mol. The molecule has 0 radical (unpaired) electrons. The van der Waals surface area contributed by atoms with Crippen LogP contribution in [-0.4, -0.2) is 109 Å². The smallest absolute Gasteiger partial charge is 0.186 e. The van der Waals surface area contributed by atoms with Gasteiger partial charge in [0.15, 0.2) is 6.29 Å². The van der Waals surface area contributed by atoms with Gasteiger partial charge in [-0.2, -0.15) is 0 Å². The lowest BCUT2D eigenvalue weighted by atomic mass is 9.99. The van der Waals surface area contributed by atoms with Crippen LogP contribution in [-0.2, 0) is 9.47 Å². The molecule has 10 heteroatoms. The lowest BCUT2D eigenvalue weighted by molar-refractivity contribution is -0.306. The van der Waals surface area contributed by atoms with Gasteiger partial charge in [-0.15, -0.1) is 0 Å². The van der Waals surface area contributed by atoms with Crippen LogP contribution in [0.5, 0.6) is 0 Å². The molecule has 0 aromatic heterocycles. The van der Waals surface area contributed by atoms with Crippen molar-refractivity contribution >= 4 is 0 Å². The SMILES string of the molecule is CC(O)C(O)C(O)C(O)COC1OC(CO)C(O)C(O)C1O. The Morgan fingerprint density at radius 2 is 1.55 bits per heavy atom. The Kier molecular flexibility index (Phi) is 7.55. The van der Waals surface area contributed by atoms with E-state index in [0.717, 1.165) is 0 Å². The maximum Gasteiger partial charge on any atom is 0.186 e. The van der Waals surface area contributed by atoms with Crippen molar-refractivity contribution in [3.05, 3.63) is 0 Å². The minimum Gasteiger partial charge on any atom is -0.394 e. The van der Waals surface area contributed by atoms with Crippen LogP contribution < -0.4 is 0 Å². The predicted molar refractivity (Wildman–Crippen MR) is 69.4 cm³/mol. The van der Waals surface area contributed by atoms with Crippen molar-refractivity contribution in [1.82, 2.24) is 0 Å². The molecule has 1 heterocycles. The van der Waals surface area contributed by atoms with Crippen LogP contribution in [0.15, 0.2) is 0 Å². The quantitative estimate of drug-likeness (QED) is 0.226. The van der Waals surface area contributed by atoms with Crippen molar-refractivity contribution in [1.29, 1.82) is 0 Å². The van der Waals surface area contributed by atoms with E-state index in [1.165, 1.54) is 6.92 Å². The Morgan fingerprint density at radius 3 is 2.05 bits per heavy atom. The molecule has 1 aliphatic heterocycles. The third-order valence-electron chi connectivity index (χ3n) is 3.52. The lowest BCUT2D eigenvalue weighted by Gasteiger charge is -2.40. The van der Waals surface area contributed by atoms with Crippen LogP contribution in [0.25, 0.3) is 0 Å². The molecule has 1 fully saturated rings. The largest absolute Gasteiger partial charge is 0.394 e. The standard InChI is InChI=1S/C12H24O10/c1-4(14)7(16)8(17)5(15)3-21-12-11(20)10(19)9(18)6(2-13)22-12/h4-20H,2-3H2,1H3. The normalized spacial score (nSPS) is 38.3. The van der Waals surface area contributed by atoms with Crippen LogP contribution in [0.2, 0.25) is 0 Å². The predicted octanol–water partition coefficient (Wildman–Crippen LogP) is -4.73. The van der Waals surface area contributed by atoms with Crippen molar-refractivity contribution in [2.24, 2.45) is 0 Å². The Labute approximate surface area is 126 Å². The van der Waals surface area contributed by atoms with E-state index >= 15 is 0 Å². The number of aliphatic hydroxyl groups is 8. The highest BCUT2D eigenvalue weighted by atomic mass is 16.7. The molecule has 0 aromatic rings. The fourth-order valence-electron chi connectivity index (χ4n) is 2.01. The molecule has 1 rings (SSSR count). The number of hydrogen-bond donors (Lipinski definition) is 8. The van der Waals surface area contributed by atoms with Crippen molar-refractivity contribution in [3.63, 3.8) is 0 Å². The van der Waals surface area contributed by atoms with Crippen molar-refractivity contribution in [2.45, 2.75) is 62.0 Å². The summed E-state index contributed by atoms with van der Waals surface area (Å²) in [6, 6.07) is 0. The first-order valence-electron chi connectivity index (χ1n) is 6.85. The molecule has 0 spiro atoms. The highest BCUT2D eigenvalue weighted by Crippen LogP contribution is 2.22. The van der Waals surface area contributed by atoms with E-state index < -0.39 is 68.3 Å². The average Bonchev–Trinajstić information content (AvgIpc) is 2.50. The van der Waals surface area contributed by atoms with Crippen LogP contribution in [0, 0.1) is 0 Å². The first-order valence-corrected chi connectivity index (χ1v) is 6.85. The maximum atomic E-state index is 9.69.